The number of carbonyl (C=O) groups excluding carboxylic acids is 1. The van der Waals surface area contributed by atoms with Crippen LogP contribution in [-0.4, -0.2) is 27.0 Å². The molecule has 2 aromatic heterocycles. The number of rotatable bonds is 6. The van der Waals surface area contributed by atoms with Gasteiger partial charge in [0.25, 0.3) is 5.91 Å². The van der Waals surface area contributed by atoms with Crippen molar-refractivity contribution in [2.75, 3.05) is 6.54 Å². The second-order valence-electron chi connectivity index (χ2n) is 5.89. The van der Waals surface area contributed by atoms with E-state index in [1.54, 1.807) is 6.20 Å². The van der Waals surface area contributed by atoms with E-state index in [9.17, 15) is 18.0 Å². The van der Waals surface area contributed by atoms with E-state index in [0.717, 1.165) is 29.7 Å². The number of nitrogens with zero attached hydrogens (tertiary/aromatic N) is 3. The fourth-order valence-corrected chi connectivity index (χ4v) is 2.58. The van der Waals surface area contributed by atoms with Crippen LogP contribution in [0.3, 0.4) is 0 Å². The van der Waals surface area contributed by atoms with E-state index < -0.39 is 17.8 Å². The van der Waals surface area contributed by atoms with Crippen molar-refractivity contribution in [3.63, 3.8) is 0 Å². The summed E-state index contributed by atoms with van der Waals surface area (Å²) in [5.74, 6) is 0.335. The number of amides is 1. The Labute approximate surface area is 153 Å². The van der Waals surface area contributed by atoms with Gasteiger partial charge in [0.05, 0.1) is 5.56 Å². The summed E-state index contributed by atoms with van der Waals surface area (Å²) in [5, 5.41) is 2.67. The standard InChI is InChI=1S/C19H17F3N4O/c20-19(21,22)16-7-6-15(12-25-16)18(27)24-9-8-17-23-10-11-26(17)13-14-4-2-1-3-5-14/h1-7,10-12H,8-9,13H2,(H,24,27). The van der Waals surface area contributed by atoms with Gasteiger partial charge in [-0.2, -0.15) is 13.2 Å². The Morgan fingerprint density at radius 2 is 1.85 bits per heavy atom. The average molecular weight is 374 g/mol. The molecule has 1 N–H and O–H groups in total. The molecule has 0 aliphatic heterocycles. The molecule has 0 saturated heterocycles. The number of benzene rings is 1. The molecular formula is C19H17F3N4O. The van der Waals surface area contributed by atoms with Crippen molar-refractivity contribution in [3.8, 4) is 0 Å². The van der Waals surface area contributed by atoms with Crippen molar-refractivity contribution < 1.29 is 18.0 Å². The molecule has 2 heterocycles. The van der Waals surface area contributed by atoms with Gasteiger partial charge in [-0.15, -0.1) is 0 Å². The second kappa shape index (κ2) is 8.03. The van der Waals surface area contributed by atoms with E-state index in [2.05, 4.69) is 15.3 Å². The van der Waals surface area contributed by atoms with E-state index in [-0.39, 0.29) is 5.56 Å². The molecule has 140 valence electrons. The van der Waals surface area contributed by atoms with Gasteiger partial charge in [-0.05, 0) is 17.7 Å². The average Bonchev–Trinajstić information content (AvgIpc) is 3.09. The highest BCUT2D eigenvalue weighted by atomic mass is 19.4. The lowest BCUT2D eigenvalue weighted by Gasteiger charge is -2.09. The topological polar surface area (TPSA) is 59.8 Å². The van der Waals surface area contributed by atoms with Gasteiger partial charge in [-0.1, -0.05) is 30.3 Å². The number of halogens is 3. The Balaban J connectivity index is 1.54. The van der Waals surface area contributed by atoms with Gasteiger partial charge in [0.2, 0.25) is 0 Å². The van der Waals surface area contributed by atoms with Crippen LogP contribution >= 0.6 is 0 Å². The Morgan fingerprint density at radius 3 is 2.52 bits per heavy atom. The maximum Gasteiger partial charge on any atom is 0.433 e. The minimum atomic E-state index is -4.52. The third kappa shape index (κ3) is 4.93. The second-order valence-corrected chi connectivity index (χ2v) is 5.89. The normalized spacial score (nSPS) is 11.4. The first-order chi connectivity index (χ1) is 12.9. The highest BCUT2D eigenvalue weighted by Crippen LogP contribution is 2.27. The number of carbonyl (C=O) groups is 1. The van der Waals surface area contributed by atoms with Crippen molar-refractivity contribution in [2.24, 2.45) is 0 Å². The van der Waals surface area contributed by atoms with Crippen LogP contribution in [0.2, 0.25) is 0 Å². The molecule has 0 aliphatic rings. The zero-order valence-corrected chi connectivity index (χ0v) is 14.3. The molecule has 0 bridgehead atoms. The lowest BCUT2D eigenvalue weighted by Crippen LogP contribution is -2.26. The molecular weight excluding hydrogens is 357 g/mol. The summed E-state index contributed by atoms with van der Waals surface area (Å²) in [6, 6.07) is 11.8. The molecule has 1 aromatic carbocycles. The molecule has 1 amide bonds. The number of aromatic nitrogens is 3. The third-order valence-corrected chi connectivity index (χ3v) is 3.95. The van der Waals surface area contributed by atoms with E-state index in [1.807, 2.05) is 41.1 Å². The number of hydrogen-bond acceptors (Lipinski definition) is 3. The fraction of sp³-hybridized carbons (Fsp3) is 0.211. The maximum absolute atomic E-state index is 12.5. The summed E-state index contributed by atoms with van der Waals surface area (Å²) in [5.41, 5.74) is 0.189. The first kappa shape index (κ1) is 18.6. The molecule has 3 rings (SSSR count). The van der Waals surface area contributed by atoms with Crippen molar-refractivity contribution in [1.29, 1.82) is 0 Å². The van der Waals surface area contributed by atoms with Crippen LogP contribution in [0, 0.1) is 0 Å². The van der Waals surface area contributed by atoms with E-state index >= 15 is 0 Å². The Kier molecular flexibility index (Phi) is 5.54. The predicted octanol–water partition coefficient (Wildman–Crippen LogP) is 3.32. The molecule has 5 nitrogen and oxygen atoms in total. The highest BCUT2D eigenvalue weighted by Gasteiger charge is 2.32. The van der Waals surface area contributed by atoms with E-state index in [1.165, 1.54) is 0 Å². The van der Waals surface area contributed by atoms with Gasteiger partial charge in [0, 0.05) is 38.1 Å². The Morgan fingerprint density at radius 1 is 1.07 bits per heavy atom. The fourth-order valence-electron chi connectivity index (χ4n) is 2.58. The number of alkyl halides is 3. The predicted molar refractivity (Wildman–Crippen MR) is 93.0 cm³/mol. The minimum absolute atomic E-state index is 0.0793. The SMILES string of the molecule is O=C(NCCc1nccn1Cc1ccccc1)c1ccc(C(F)(F)F)nc1. The zero-order chi connectivity index (χ0) is 19.3. The first-order valence-corrected chi connectivity index (χ1v) is 8.29. The smallest absolute Gasteiger partial charge is 0.352 e. The molecule has 27 heavy (non-hydrogen) atoms. The lowest BCUT2D eigenvalue weighted by atomic mass is 10.2. The summed E-state index contributed by atoms with van der Waals surface area (Å²) in [6.07, 6.45) is 0.461. The molecule has 0 saturated carbocycles. The first-order valence-electron chi connectivity index (χ1n) is 8.29. The van der Waals surface area contributed by atoms with Gasteiger partial charge in [-0.3, -0.25) is 9.78 Å². The zero-order valence-electron chi connectivity index (χ0n) is 14.3. The summed E-state index contributed by atoms with van der Waals surface area (Å²) in [7, 11) is 0. The summed E-state index contributed by atoms with van der Waals surface area (Å²) in [6.45, 7) is 0.985. The molecule has 0 radical (unpaired) electrons. The highest BCUT2D eigenvalue weighted by molar-refractivity contribution is 5.93. The van der Waals surface area contributed by atoms with Crippen LogP contribution in [0.1, 0.15) is 27.4 Å². The molecule has 0 unspecified atom stereocenters. The van der Waals surface area contributed by atoms with Crippen LogP contribution in [-0.2, 0) is 19.1 Å². The number of nitrogens with one attached hydrogen (secondary N) is 1. The van der Waals surface area contributed by atoms with Crippen LogP contribution in [0.25, 0.3) is 0 Å². The number of pyridine rings is 1. The van der Waals surface area contributed by atoms with Crippen molar-refractivity contribution in [1.82, 2.24) is 19.9 Å². The van der Waals surface area contributed by atoms with Crippen molar-refractivity contribution >= 4 is 5.91 Å². The van der Waals surface area contributed by atoms with E-state index in [4.69, 9.17) is 0 Å². The lowest BCUT2D eigenvalue weighted by molar-refractivity contribution is -0.141. The van der Waals surface area contributed by atoms with Crippen molar-refractivity contribution in [2.45, 2.75) is 19.1 Å². The van der Waals surface area contributed by atoms with Crippen LogP contribution in [0.5, 0.6) is 0 Å². The Bertz CT molecular complexity index is 889. The Hall–Kier alpha value is -3.16. The van der Waals surface area contributed by atoms with Crippen LogP contribution in [0.4, 0.5) is 13.2 Å². The molecule has 0 atom stereocenters. The molecule has 3 aromatic rings. The van der Waals surface area contributed by atoms with Gasteiger partial charge in [0.15, 0.2) is 0 Å². The van der Waals surface area contributed by atoms with Crippen LogP contribution in [0.15, 0.2) is 61.1 Å². The molecule has 8 heteroatoms. The largest absolute Gasteiger partial charge is 0.433 e. The van der Waals surface area contributed by atoms with Gasteiger partial charge in [0.1, 0.15) is 11.5 Å². The molecule has 0 spiro atoms. The molecule has 0 fully saturated rings. The summed E-state index contributed by atoms with van der Waals surface area (Å²) in [4.78, 5) is 19.6. The third-order valence-electron chi connectivity index (χ3n) is 3.95. The number of imidazole rings is 1. The maximum atomic E-state index is 12.5. The van der Waals surface area contributed by atoms with Gasteiger partial charge in [-0.25, -0.2) is 4.98 Å². The van der Waals surface area contributed by atoms with Crippen LogP contribution < -0.4 is 5.32 Å². The minimum Gasteiger partial charge on any atom is -0.352 e. The van der Waals surface area contributed by atoms with Gasteiger partial charge < -0.3 is 9.88 Å². The summed E-state index contributed by atoms with van der Waals surface area (Å²) < 4.78 is 39.5. The number of hydrogen-bond donors (Lipinski definition) is 1. The monoisotopic (exact) mass is 374 g/mol. The van der Waals surface area contributed by atoms with Gasteiger partial charge >= 0.3 is 6.18 Å². The quantitative estimate of drug-likeness (QED) is 0.720. The van der Waals surface area contributed by atoms with Crippen molar-refractivity contribution in [3.05, 3.63) is 83.7 Å². The summed E-state index contributed by atoms with van der Waals surface area (Å²) >= 11 is 0. The van der Waals surface area contributed by atoms with E-state index in [0.29, 0.717) is 19.5 Å². The molecule has 0 aliphatic carbocycles.